The molecule has 0 saturated carbocycles. The van der Waals surface area contributed by atoms with Gasteiger partial charge in [0.25, 0.3) is 0 Å². The van der Waals surface area contributed by atoms with Crippen LogP contribution in [0.15, 0.2) is 84.0 Å². The van der Waals surface area contributed by atoms with E-state index in [-0.39, 0.29) is 6.04 Å². The molecule has 1 aliphatic carbocycles. The van der Waals surface area contributed by atoms with Crippen LogP contribution in [0.1, 0.15) is 41.1 Å². The lowest BCUT2D eigenvalue weighted by Gasteiger charge is -2.28. The van der Waals surface area contributed by atoms with Crippen molar-refractivity contribution >= 4 is 11.4 Å². The lowest BCUT2D eigenvalue weighted by molar-refractivity contribution is 0.505. The summed E-state index contributed by atoms with van der Waals surface area (Å²) in [6.45, 7) is 2.18. The minimum atomic E-state index is 0.259. The molecule has 0 aromatic heterocycles. The van der Waals surface area contributed by atoms with Crippen molar-refractivity contribution in [3.8, 4) is 0 Å². The van der Waals surface area contributed by atoms with E-state index >= 15 is 0 Å². The maximum Gasteiger partial charge on any atom is 0.0860 e. The smallest absolute Gasteiger partial charge is 0.0860 e. The average molecular weight is 352 g/mol. The second-order valence-corrected chi connectivity index (χ2v) is 7.68. The van der Waals surface area contributed by atoms with Crippen molar-refractivity contribution in [1.29, 1.82) is 0 Å². The van der Waals surface area contributed by atoms with E-state index in [0.29, 0.717) is 5.92 Å². The molecule has 0 radical (unpaired) electrons. The number of aryl methyl sites for hydroxylation is 2. The first-order valence-electron chi connectivity index (χ1n) is 9.89. The van der Waals surface area contributed by atoms with Gasteiger partial charge in [-0.1, -0.05) is 66.2 Å². The normalized spacial score (nSPS) is 21.2. The Kier molecular flexibility index (Phi) is 4.05. The van der Waals surface area contributed by atoms with Crippen molar-refractivity contribution in [3.05, 3.63) is 101 Å². The quantitative estimate of drug-likeness (QED) is 0.559. The summed E-state index contributed by atoms with van der Waals surface area (Å²) in [6.07, 6.45) is 3.54. The lowest BCUT2D eigenvalue weighted by atomic mass is 9.85. The molecule has 2 heteroatoms. The summed E-state index contributed by atoms with van der Waals surface area (Å²) in [5.41, 5.74) is 7.90. The van der Waals surface area contributed by atoms with Crippen molar-refractivity contribution in [1.82, 2.24) is 0 Å². The highest BCUT2D eigenvalue weighted by Gasteiger charge is 2.40. The van der Waals surface area contributed by atoms with Gasteiger partial charge in [0, 0.05) is 11.5 Å². The summed E-state index contributed by atoms with van der Waals surface area (Å²) in [5.74, 6) is 0.427. The molecule has 2 aliphatic rings. The van der Waals surface area contributed by atoms with E-state index in [1.807, 2.05) is 0 Å². The van der Waals surface area contributed by atoms with Crippen LogP contribution in [0.3, 0.4) is 0 Å². The number of hydrogen-bond donors (Lipinski definition) is 0. The Morgan fingerprint density at radius 2 is 1.63 bits per heavy atom. The zero-order chi connectivity index (χ0) is 18.2. The second-order valence-electron chi connectivity index (χ2n) is 7.68. The van der Waals surface area contributed by atoms with Gasteiger partial charge < -0.3 is 0 Å². The van der Waals surface area contributed by atoms with Gasteiger partial charge in [0.15, 0.2) is 0 Å². The minimum Gasteiger partial charge on any atom is -0.257 e. The first-order chi connectivity index (χ1) is 13.3. The Balaban J connectivity index is 1.68. The molecule has 0 unspecified atom stereocenters. The summed E-state index contributed by atoms with van der Waals surface area (Å²) in [4.78, 5) is 0. The minimum absolute atomic E-state index is 0.259. The van der Waals surface area contributed by atoms with Gasteiger partial charge in [0.05, 0.1) is 17.4 Å². The summed E-state index contributed by atoms with van der Waals surface area (Å²) in [6, 6.07) is 28.6. The Labute approximate surface area is 161 Å². The van der Waals surface area contributed by atoms with Gasteiger partial charge in [-0.15, -0.1) is 0 Å². The lowest BCUT2D eigenvalue weighted by Crippen LogP contribution is -2.25. The van der Waals surface area contributed by atoms with Crippen LogP contribution in [0.25, 0.3) is 0 Å². The molecule has 134 valence electrons. The van der Waals surface area contributed by atoms with Gasteiger partial charge in [-0.05, 0) is 55.5 Å². The van der Waals surface area contributed by atoms with Gasteiger partial charge in [-0.25, -0.2) is 0 Å². The highest BCUT2D eigenvalue weighted by molar-refractivity contribution is 6.06. The number of anilines is 1. The first-order valence-corrected chi connectivity index (χ1v) is 9.89. The maximum absolute atomic E-state index is 5.23. The molecule has 0 bridgehead atoms. The van der Waals surface area contributed by atoms with Crippen LogP contribution in [0.2, 0.25) is 0 Å². The fraction of sp³-hybridized carbons (Fsp3) is 0.240. The molecule has 27 heavy (non-hydrogen) atoms. The summed E-state index contributed by atoms with van der Waals surface area (Å²) in [7, 11) is 0. The number of rotatable bonds is 2. The zero-order valence-electron chi connectivity index (χ0n) is 15.7. The van der Waals surface area contributed by atoms with Crippen molar-refractivity contribution in [2.45, 2.75) is 32.2 Å². The number of fused-ring (bicyclic) bond motifs is 3. The molecule has 3 aromatic carbocycles. The molecule has 1 aliphatic heterocycles. The first kappa shape index (κ1) is 16.3. The van der Waals surface area contributed by atoms with Crippen LogP contribution in [-0.4, -0.2) is 5.71 Å². The van der Waals surface area contributed by atoms with Crippen LogP contribution in [0, 0.1) is 12.8 Å². The molecule has 0 spiro atoms. The third-order valence-electron chi connectivity index (χ3n) is 5.88. The molecule has 2 atom stereocenters. The number of hydrazone groups is 1. The summed E-state index contributed by atoms with van der Waals surface area (Å²) >= 11 is 0. The van der Waals surface area contributed by atoms with E-state index in [1.165, 1.54) is 46.5 Å². The van der Waals surface area contributed by atoms with Crippen LogP contribution >= 0.6 is 0 Å². The fourth-order valence-corrected chi connectivity index (χ4v) is 4.60. The van der Waals surface area contributed by atoms with Gasteiger partial charge in [-0.2, -0.15) is 5.10 Å². The van der Waals surface area contributed by atoms with Crippen LogP contribution in [0.4, 0.5) is 5.69 Å². The second kappa shape index (κ2) is 6.70. The highest BCUT2D eigenvalue weighted by atomic mass is 15.5. The standard InChI is InChI=1S/C25H24N2/c1-18-15-16-19-11-8-14-22-24(23(19)17-18)26-27(21-12-6-3-7-13-21)25(22)20-9-4-2-5-10-20/h2-7,9-10,12-13,15-17,22,25H,8,11,14H2,1H3/t22-,25-/m1/s1. The van der Waals surface area contributed by atoms with E-state index in [1.54, 1.807) is 0 Å². The molecule has 2 nitrogen and oxygen atoms in total. The van der Waals surface area contributed by atoms with E-state index in [2.05, 4.69) is 90.8 Å². The Morgan fingerprint density at radius 1 is 0.889 bits per heavy atom. The van der Waals surface area contributed by atoms with E-state index in [0.717, 1.165) is 6.42 Å². The predicted molar refractivity (Wildman–Crippen MR) is 112 cm³/mol. The van der Waals surface area contributed by atoms with Crippen molar-refractivity contribution < 1.29 is 0 Å². The number of hydrogen-bond acceptors (Lipinski definition) is 2. The van der Waals surface area contributed by atoms with Crippen LogP contribution in [-0.2, 0) is 6.42 Å². The highest BCUT2D eigenvalue weighted by Crippen LogP contribution is 2.44. The molecule has 0 N–H and O–H groups in total. The number of nitrogens with zero attached hydrogens (tertiary/aromatic N) is 2. The van der Waals surface area contributed by atoms with E-state index < -0.39 is 0 Å². The molecule has 1 heterocycles. The molecular weight excluding hydrogens is 328 g/mol. The third kappa shape index (κ3) is 2.86. The van der Waals surface area contributed by atoms with Crippen molar-refractivity contribution in [3.63, 3.8) is 0 Å². The largest absolute Gasteiger partial charge is 0.257 e. The Morgan fingerprint density at radius 3 is 2.41 bits per heavy atom. The number of para-hydroxylation sites is 1. The SMILES string of the molecule is Cc1ccc2c(c1)C1=NN(c3ccccc3)[C@H](c3ccccc3)[C@@H]1CCC2. The Bertz CT molecular complexity index is 976. The molecule has 5 rings (SSSR count). The monoisotopic (exact) mass is 352 g/mol. The van der Waals surface area contributed by atoms with Gasteiger partial charge in [0.2, 0.25) is 0 Å². The summed E-state index contributed by atoms with van der Waals surface area (Å²) < 4.78 is 0. The predicted octanol–water partition coefficient (Wildman–Crippen LogP) is 5.91. The zero-order valence-corrected chi connectivity index (χ0v) is 15.7. The van der Waals surface area contributed by atoms with E-state index in [9.17, 15) is 0 Å². The van der Waals surface area contributed by atoms with Gasteiger partial charge in [0.1, 0.15) is 0 Å². The van der Waals surface area contributed by atoms with Crippen molar-refractivity contribution in [2.24, 2.45) is 11.0 Å². The fourth-order valence-electron chi connectivity index (χ4n) is 4.60. The van der Waals surface area contributed by atoms with Crippen molar-refractivity contribution in [2.75, 3.05) is 5.01 Å². The van der Waals surface area contributed by atoms with Crippen LogP contribution < -0.4 is 5.01 Å². The average Bonchev–Trinajstić information content (AvgIpc) is 3.01. The molecule has 0 fully saturated rings. The summed E-state index contributed by atoms with van der Waals surface area (Å²) in [5, 5.41) is 7.49. The Hall–Kier alpha value is -2.87. The van der Waals surface area contributed by atoms with Gasteiger partial charge in [-0.3, -0.25) is 5.01 Å². The maximum atomic E-state index is 5.23. The van der Waals surface area contributed by atoms with E-state index in [4.69, 9.17) is 5.10 Å². The molecule has 0 amide bonds. The van der Waals surface area contributed by atoms with Crippen LogP contribution in [0.5, 0.6) is 0 Å². The number of benzene rings is 3. The third-order valence-corrected chi connectivity index (χ3v) is 5.88. The molecular formula is C25H24N2. The topological polar surface area (TPSA) is 15.6 Å². The molecule has 3 aromatic rings. The molecule has 0 saturated heterocycles. The van der Waals surface area contributed by atoms with Gasteiger partial charge >= 0.3 is 0 Å².